The molecule has 0 unspecified atom stereocenters. The summed E-state index contributed by atoms with van der Waals surface area (Å²) in [5.41, 5.74) is 2.20. The van der Waals surface area contributed by atoms with Crippen molar-refractivity contribution >= 4 is 11.3 Å². The predicted molar refractivity (Wildman–Crippen MR) is 79.6 cm³/mol. The molecule has 3 nitrogen and oxygen atoms in total. The van der Waals surface area contributed by atoms with Crippen LogP contribution in [0, 0.1) is 0 Å². The van der Waals surface area contributed by atoms with Gasteiger partial charge in [-0.25, -0.2) is 4.98 Å². The van der Waals surface area contributed by atoms with Crippen LogP contribution in [0.1, 0.15) is 30.1 Å². The first-order valence-electron chi connectivity index (χ1n) is 6.68. The zero-order chi connectivity index (χ0) is 13.5. The van der Waals surface area contributed by atoms with Gasteiger partial charge >= 0.3 is 0 Å². The Labute approximate surface area is 118 Å². The fraction of sp³-hybridized carbons (Fsp3) is 0.400. The van der Waals surface area contributed by atoms with E-state index in [0.29, 0.717) is 6.61 Å². The molecule has 1 aromatic heterocycles. The van der Waals surface area contributed by atoms with Gasteiger partial charge in [-0.15, -0.1) is 11.3 Å². The van der Waals surface area contributed by atoms with E-state index in [0.717, 1.165) is 31.0 Å². The Morgan fingerprint density at radius 2 is 2.11 bits per heavy atom. The van der Waals surface area contributed by atoms with Gasteiger partial charge in [0.15, 0.2) is 0 Å². The lowest BCUT2D eigenvalue weighted by Gasteiger charge is -2.10. The van der Waals surface area contributed by atoms with E-state index in [4.69, 9.17) is 4.74 Å². The van der Waals surface area contributed by atoms with Crippen molar-refractivity contribution in [2.75, 3.05) is 6.54 Å². The molecule has 0 bridgehead atoms. The number of benzene rings is 1. The molecule has 0 saturated heterocycles. The van der Waals surface area contributed by atoms with E-state index < -0.39 is 0 Å². The van der Waals surface area contributed by atoms with E-state index in [-0.39, 0.29) is 0 Å². The third kappa shape index (κ3) is 4.04. The van der Waals surface area contributed by atoms with Crippen molar-refractivity contribution < 1.29 is 4.74 Å². The van der Waals surface area contributed by atoms with Crippen LogP contribution in [-0.2, 0) is 19.6 Å². The van der Waals surface area contributed by atoms with Crippen molar-refractivity contribution in [1.29, 1.82) is 0 Å². The zero-order valence-electron chi connectivity index (χ0n) is 11.5. The number of nitrogens with zero attached hydrogens (tertiary/aromatic N) is 1. The summed E-state index contributed by atoms with van der Waals surface area (Å²) in [6, 6.07) is 8.15. The first-order valence-corrected chi connectivity index (χ1v) is 7.56. The Kier molecular flexibility index (Phi) is 5.36. The first-order chi connectivity index (χ1) is 9.33. The van der Waals surface area contributed by atoms with Crippen LogP contribution in [0.2, 0.25) is 0 Å². The minimum Gasteiger partial charge on any atom is -0.487 e. The number of para-hydroxylation sites is 1. The summed E-state index contributed by atoms with van der Waals surface area (Å²) in [5.74, 6) is 0.939. The maximum Gasteiger partial charge on any atom is 0.131 e. The third-order valence-electron chi connectivity index (χ3n) is 2.82. The lowest BCUT2D eigenvalue weighted by atomic mass is 10.2. The van der Waals surface area contributed by atoms with Crippen molar-refractivity contribution in [3.63, 3.8) is 0 Å². The molecule has 0 radical (unpaired) electrons. The Morgan fingerprint density at radius 1 is 1.26 bits per heavy atom. The smallest absolute Gasteiger partial charge is 0.131 e. The number of nitrogens with one attached hydrogen (secondary N) is 1. The highest BCUT2D eigenvalue weighted by Gasteiger charge is 2.05. The average molecular weight is 276 g/mol. The van der Waals surface area contributed by atoms with E-state index in [1.54, 1.807) is 11.3 Å². The lowest BCUT2D eigenvalue weighted by molar-refractivity contribution is 0.298. The Morgan fingerprint density at radius 3 is 2.84 bits per heavy atom. The van der Waals surface area contributed by atoms with Crippen LogP contribution in [0.5, 0.6) is 5.75 Å². The summed E-state index contributed by atoms with van der Waals surface area (Å²) in [6.07, 6.45) is 0.988. The van der Waals surface area contributed by atoms with Crippen LogP contribution in [-0.4, -0.2) is 11.5 Å². The Balaban J connectivity index is 1.98. The molecule has 0 aliphatic carbocycles. The van der Waals surface area contributed by atoms with Gasteiger partial charge in [-0.1, -0.05) is 32.0 Å². The molecule has 2 aromatic rings. The van der Waals surface area contributed by atoms with E-state index in [1.165, 1.54) is 10.6 Å². The molecule has 1 heterocycles. The number of ether oxygens (including phenoxy) is 1. The molecule has 0 atom stereocenters. The van der Waals surface area contributed by atoms with Gasteiger partial charge in [-0.2, -0.15) is 0 Å². The Bertz CT molecular complexity index is 510. The second-order valence-corrected chi connectivity index (χ2v) is 5.21. The van der Waals surface area contributed by atoms with E-state index >= 15 is 0 Å². The number of hydrogen-bond donors (Lipinski definition) is 1. The van der Waals surface area contributed by atoms with Gasteiger partial charge in [0.2, 0.25) is 0 Å². The topological polar surface area (TPSA) is 34.1 Å². The number of aryl methyl sites for hydroxylation is 1. The number of rotatable bonds is 7. The van der Waals surface area contributed by atoms with Gasteiger partial charge in [-0.3, -0.25) is 0 Å². The SMILES string of the molecule is CCNCc1ccccc1OCc1csc(CC)n1. The minimum absolute atomic E-state index is 0.541. The zero-order valence-corrected chi connectivity index (χ0v) is 12.3. The summed E-state index contributed by atoms with van der Waals surface area (Å²) < 4.78 is 5.88. The van der Waals surface area contributed by atoms with Gasteiger partial charge in [0.05, 0.1) is 10.7 Å². The first kappa shape index (κ1) is 14.0. The molecule has 19 heavy (non-hydrogen) atoms. The van der Waals surface area contributed by atoms with Crippen molar-refractivity contribution in [1.82, 2.24) is 10.3 Å². The highest BCUT2D eigenvalue weighted by atomic mass is 32.1. The lowest BCUT2D eigenvalue weighted by Crippen LogP contribution is -2.12. The quantitative estimate of drug-likeness (QED) is 0.841. The summed E-state index contributed by atoms with van der Waals surface area (Å²) in [7, 11) is 0. The van der Waals surface area contributed by atoms with Crippen molar-refractivity contribution in [3.8, 4) is 5.75 Å². The van der Waals surface area contributed by atoms with Crippen LogP contribution in [0.3, 0.4) is 0 Å². The standard InChI is InChI=1S/C15H20N2OS/c1-3-15-17-13(11-19-15)10-18-14-8-6-5-7-12(14)9-16-4-2/h5-8,11,16H,3-4,9-10H2,1-2H3. The minimum atomic E-state index is 0.541. The fourth-order valence-corrected chi connectivity index (χ4v) is 2.51. The van der Waals surface area contributed by atoms with E-state index in [2.05, 4.69) is 35.6 Å². The Hall–Kier alpha value is -1.39. The molecule has 0 aliphatic rings. The molecular weight excluding hydrogens is 256 g/mol. The van der Waals surface area contributed by atoms with Crippen molar-refractivity contribution in [2.45, 2.75) is 33.4 Å². The second kappa shape index (κ2) is 7.26. The molecular formula is C15H20N2OS. The van der Waals surface area contributed by atoms with Crippen LogP contribution >= 0.6 is 11.3 Å². The summed E-state index contributed by atoms with van der Waals surface area (Å²) in [5, 5.41) is 6.56. The highest BCUT2D eigenvalue weighted by Crippen LogP contribution is 2.20. The highest BCUT2D eigenvalue weighted by molar-refractivity contribution is 7.09. The maximum atomic E-state index is 5.88. The molecule has 0 spiro atoms. The van der Waals surface area contributed by atoms with Crippen molar-refractivity contribution in [3.05, 3.63) is 45.9 Å². The second-order valence-electron chi connectivity index (χ2n) is 4.26. The molecule has 0 fully saturated rings. The summed E-state index contributed by atoms with van der Waals surface area (Å²) >= 11 is 1.70. The fourth-order valence-electron chi connectivity index (χ4n) is 1.78. The largest absolute Gasteiger partial charge is 0.487 e. The molecule has 1 N–H and O–H groups in total. The number of thiazole rings is 1. The molecule has 4 heteroatoms. The summed E-state index contributed by atoms with van der Waals surface area (Å²) in [4.78, 5) is 4.51. The van der Waals surface area contributed by atoms with Gasteiger partial charge in [0.1, 0.15) is 12.4 Å². The van der Waals surface area contributed by atoms with Gasteiger partial charge in [-0.05, 0) is 19.0 Å². The van der Waals surface area contributed by atoms with Gasteiger partial charge < -0.3 is 10.1 Å². The molecule has 2 rings (SSSR count). The monoisotopic (exact) mass is 276 g/mol. The molecule has 0 saturated carbocycles. The molecule has 102 valence electrons. The third-order valence-corrected chi connectivity index (χ3v) is 3.86. The van der Waals surface area contributed by atoms with Gasteiger partial charge in [0, 0.05) is 17.5 Å². The maximum absolute atomic E-state index is 5.88. The van der Waals surface area contributed by atoms with Gasteiger partial charge in [0.25, 0.3) is 0 Å². The van der Waals surface area contributed by atoms with Crippen LogP contribution in [0.4, 0.5) is 0 Å². The molecule has 0 amide bonds. The number of hydrogen-bond acceptors (Lipinski definition) is 4. The van der Waals surface area contributed by atoms with Crippen LogP contribution in [0.25, 0.3) is 0 Å². The van der Waals surface area contributed by atoms with Crippen LogP contribution < -0.4 is 10.1 Å². The predicted octanol–water partition coefficient (Wildman–Crippen LogP) is 3.39. The summed E-state index contributed by atoms with van der Waals surface area (Å²) in [6.45, 7) is 6.56. The molecule has 0 aliphatic heterocycles. The van der Waals surface area contributed by atoms with Crippen molar-refractivity contribution in [2.24, 2.45) is 0 Å². The average Bonchev–Trinajstić information content (AvgIpc) is 2.91. The molecule has 1 aromatic carbocycles. The number of aromatic nitrogens is 1. The van der Waals surface area contributed by atoms with E-state index in [1.807, 2.05) is 18.2 Å². The van der Waals surface area contributed by atoms with Crippen LogP contribution in [0.15, 0.2) is 29.6 Å². The normalized spacial score (nSPS) is 10.6. The van der Waals surface area contributed by atoms with E-state index in [9.17, 15) is 0 Å².